The van der Waals surface area contributed by atoms with Crippen LogP contribution in [0.4, 0.5) is 0 Å². The summed E-state index contributed by atoms with van der Waals surface area (Å²) in [5.41, 5.74) is 11.8. The number of hydrogen-bond donors (Lipinski definition) is 3. The van der Waals surface area contributed by atoms with Crippen molar-refractivity contribution in [2.24, 2.45) is 5.73 Å². The van der Waals surface area contributed by atoms with E-state index in [-0.39, 0.29) is 24.1 Å². The van der Waals surface area contributed by atoms with Gasteiger partial charge in [0.15, 0.2) is 23.0 Å². The lowest BCUT2D eigenvalue weighted by molar-refractivity contribution is 0.226. The van der Waals surface area contributed by atoms with E-state index in [2.05, 4.69) is 11.9 Å². The quantitative estimate of drug-likeness (QED) is 0.782. The summed E-state index contributed by atoms with van der Waals surface area (Å²) in [6.07, 6.45) is 1.63. The number of phenols is 2. The highest BCUT2D eigenvalue weighted by Gasteiger charge is 2.37. The molecule has 0 spiro atoms. The zero-order valence-electron chi connectivity index (χ0n) is 15.3. The predicted molar refractivity (Wildman–Crippen MR) is 99.0 cm³/mol. The number of phenolic OH excluding ortho intramolecular Hbond substituents is 2. The number of hydrogen-bond acceptors (Lipinski definition) is 6. The summed E-state index contributed by atoms with van der Waals surface area (Å²) in [6, 6.07) is 3.81. The second-order valence-electron chi connectivity index (χ2n) is 6.96. The van der Waals surface area contributed by atoms with Crippen LogP contribution in [0.15, 0.2) is 12.1 Å². The van der Waals surface area contributed by atoms with E-state index in [4.69, 9.17) is 15.2 Å². The molecule has 1 atom stereocenters. The van der Waals surface area contributed by atoms with Crippen molar-refractivity contribution in [3.63, 3.8) is 0 Å². The van der Waals surface area contributed by atoms with Crippen LogP contribution >= 0.6 is 0 Å². The fourth-order valence-electron chi connectivity index (χ4n) is 4.48. The standard InChI is InChI=1S/C20H24N2O4/c1-22-5-4-10-6-15(23)20(26-3)18-12-8-16(25-2)19(24)13(9-21)11(12)7-14(22)17(10)18/h6,8,14,23-24H,4-5,7,9,21H2,1-3H3. The van der Waals surface area contributed by atoms with Crippen molar-refractivity contribution in [2.45, 2.75) is 25.4 Å². The summed E-state index contributed by atoms with van der Waals surface area (Å²) in [7, 11) is 5.19. The lowest BCUT2D eigenvalue weighted by Crippen LogP contribution is -2.36. The molecule has 2 aromatic carbocycles. The van der Waals surface area contributed by atoms with Gasteiger partial charge in [0, 0.05) is 30.3 Å². The first-order valence-corrected chi connectivity index (χ1v) is 8.76. The average Bonchev–Trinajstić information content (AvgIpc) is 2.64. The predicted octanol–water partition coefficient (Wildman–Crippen LogP) is 2.33. The molecule has 2 aromatic rings. The number of methoxy groups -OCH3 is 2. The van der Waals surface area contributed by atoms with E-state index in [0.717, 1.165) is 41.6 Å². The van der Waals surface area contributed by atoms with Crippen LogP contribution in [0.3, 0.4) is 0 Å². The Morgan fingerprint density at radius 3 is 2.65 bits per heavy atom. The third-order valence-corrected chi connectivity index (χ3v) is 5.76. The molecule has 0 radical (unpaired) electrons. The smallest absolute Gasteiger partial charge is 0.168 e. The van der Waals surface area contributed by atoms with Crippen molar-refractivity contribution in [3.05, 3.63) is 34.4 Å². The van der Waals surface area contributed by atoms with E-state index in [1.54, 1.807) is 7.11 Å². The van der Waals surface area contributed by atoms with Crippen LogP contribution in [-0.2, 0) is 19.4 Å². The zero-order valence-corrected chi connectivity index (χ0v) is 15.3. The lowest BCUT2D eigenvalue weighted by Gasteiger charge is -2.41. The summed E-state index contributed by atoms with van der Waals surface area (Å²) < 4.78 is 11.0. The van der Waals surface area contributed by atoms with E-state index < -0.39 is 0 Å². The number of benzene rings is 2. The third kappa shape index (κ3) is 2.19. The third-order valence-electron chi connectivity index (χ3n) is 5.76. The van der Waals surface area contributed by atoms with Gasteiger partial charge in [-0.1, -0.05) is 0 Å². The van der Waals surface area contributed by atoms with E-state index in [0.29, 0.717) is 17.1 Å². The molecular weight excluding hydrogens is 332 g/mol. The first-order chi connectivity index (χ1) is 12.5. The molecule has 0 amide bonds. The topological polar surface area (TPSA) is 88.2 Å². The maximum atomic E-state index is 10.6. The number of fused-ring (bicyclic) bond motifs is 2. The SMILES string of the molecule is COc1cc2c(c(CN)c1O)CC1c3c(cc(O)c(OC)c3-2)CCN1C. The van der Waals surface area contributed by atoms with Crippen LogP contribution in [0.1, 0.15) is 28.3 Å². The van der Waals surface area contributed by atoms with Crippen molar-refractivity contribution in [1.82, 2.24) is 4.90 Å². The molecule has 2 aliphatic rings. The number of nitrogens with zero attached hydrogens (tertiary/aromatic N) is 1. The van der Waals surface area contributed by atoms with Gasteiger partial charge >= 0.3 is 0 Å². The Balaban J connectivity index is 2.12. The van der Waals surface area contributed by atoms with E-state index in [1.807, 2.05) is 12.1 Å². The van der Waals surface area contributed by atoms with Crippen LogP contribution < -0.4 is 15.2 Å². The summed E-state index contributed by atoms with van der Waals surface area (Å²) in [6.45, 7) is 1.13. The van der Waals surface area contributed by atoms with Gasteiger partial charge in [-0.05, 0) is 54.3 Å². The number of aromatic hydroxyl groups is 2. The van der Waals surface area contributed by atoms with Crippen LogP contribution in [-0.4, -0.2) is 42.9 Å². The molecule has 1 aliphatic carbocycles. The van der Waals surface area contributed by atoms with Gasteiger partial charge in [0.1, 0.15) is 0 Å². The number of nitrogens with two attached hydrogens (primary N) is 1. The monoisotopic (exact) mass is 356 g/mol. The van der Waals surface area contributed by atoms with E-state index in [1.165, 1.54) is 12.7 Å². The van der Waals surface area contributed by atoms with Gasteiger partial charge in [-0.2, -0.15) is 0 Å². The Labute approximate surface area is 152 Å². The second kappa shape index (κ2) is 6.07. The molecule has 1 unspecified atom stereocenters. The summed E-state index contributed by atoms with van der Waals surface area (Å²) >= 11 is 0. The molecule has 1 heterocycles. The molecule has 4 N–H and O–H groups in total. The molecule has 4 rings (SSSR count). The van der Waals surface area contributed by atoms with Crippen molar-refractivity contribution in [2.75, 3.05) is 27.8 Å². The summed E-state index contributed by atoms with van der Waals surface area (Å²) in [4.78, 5) is 2.31. The first-order valence-electron chi connectivity index (χ1n) is 8.76. The lowest BCUT2D eigenvalue weighted by atomic mass is 9.75. The van der Waals surface area contributed by atoms with Crippen LogP contribution in [0.5, 0.6) is 23.0 Å². The molecule has 26 heavy (non-hydrogen) atoms. The highest BCUT2D eigenvalue weighted by molar-refractivity contribution is 5.86. The molecule has 1 aliphatic heterocycles. The molecule has 0 aromatic heterocycles. The normalized spacial score (nSPS) is 18.2. The Morgan fingerprint density at radius 2 is 2.00 bits per heavy atom. The van der Waals surface area contributed by atoms with Crippen molar-refractivity contribution < 1.29 is 19.7 Å². The van der Waals surface area contributed by atoms with E-state index in [9.17, 15) is 10.2 Å². The fourth-order valence-corrected chi connectivity index (χ4v) is 4.48. The van der Waals surface area contributed by atoms with Crippen molar-refractivity contribution in [3.8, 4) is 34.1 Å². The zero-order chi connectivity index (χ0) is 18.6. The second-order valence-corrected chi connectivity index (χ2v) is 6.96. The molecule has 0 saturated carbocycles. The average molecular weight is 356 g/mol. The van der Waals surface area contributed by atoms with Gasteiger partial charge in [0.2, 0.25) is 0 Å². The van der Waals surface area contributed by atoms with Gasteiger partial charge in [0.25, 0.3) is 0 Å². The van der Waals surface area contributed by atoms with Crippen molar-refractivity contribution >= 4 is 0 Å². The van der Waals surface area contributed by atoms with Gasteiger partial charge < -0.3 is 25.4 Å². The van der Waals surface area contributed by atoms with E-state index >= 15 is 0 Å². The van der Waals surface area contributed by atoms with Crippen LogP contribution in [0.25, 0.3) is 11.1 Å². The first kappa shape index (κ1) is 17.0. The molecule has 6 nitrogen and oxygen atoms in total. The van der Waals surface area contributed by atoms with Gasteiger partial charge in [-0.3, -0.25) is 4.90 Å². The van der Waals surface area contributed by atoms with Gasteiger partial charge in [-0.15, -0.1) is 0 Å². The largest absolute Gasteiger partial charge is 0.504 e. The Kier molecular flexibility index (Phi) is 3.97. The van der Waals surface area contributed by atoms with Gasteiger partial charge in [0.05, 0.1) is 14.2 Å². The molecule has 6 heteroatoms. The Morgan fingerprint density at radius 1 is 1.23 bits per heavy atom. The molecule has 138 valence electrons. The minimum Gasteiger partial charge on any atom is -0.504 e. The molecule has 0 saturated heterocycles. The highest BCUT2D eigenvalue weighted by Crippen LogP contribution is 2.54. The van der Waals surface area contributed by atoms with Gasteiger partial charge in [-0.25, -0.2) is 0 Å². The fraction of sp³-hybridized carbons (Fsp3) is 0.400. The minimum absolute atomic E-state index is 0.0926. The maximum absolute atomic E-state index is 10.6. The van der Waals surface area contributed by atoms with Crippen molar-refractivity contribution in [1.29, 1.82) is 0 Å². The number of likely N-dealkylation sites (N-methyl/N-ethyl adjacent to an activating group) is 1. The minimum atomic E-state index is 0.0926. The summed E-state index contributed by atoms with van der Waals surface area (Å²) in [5.74, 6) is 1.07. The molecule has 0 bridgehead atoms. The number of rotatable bonds is 3. The molecular formula is C20H24N2O4. The molecule has 0 fully saturated rings. The number of ether oxygens (including phenoxy) is 2. The Hall–Kier alpha value is -2.44. The summed E-state index contributed by atoms with van der Waals surface area (Å²) in [5, 5.41) is 21.1. The maximum Gasteiger partial charge on any atom is 0.168 e. The van der Waals surface area contributed by atoms with Crippen LogP contribution in [0, 0.1) is 0 Å². The Bertz CT molecular complexity index is 894. The van der Waals surface area contributed by atoms with Crippen LogP contribution in [0.2, 0.25) is 0 Å². The highest BCUT2D eigenvalue weighted by atomic mass is 16.5.